The zero-order valence-corrected chi connectivity index (χ0v) is 10.5. The molecule has 0 atom stereocenters. The number of pyridine rings is 1. The summed E-state index contributed by atoms with van der Waals surface area (Å²) in [4.78, 5) is 10.6. The molecule has 0 unspecified atom stereocenters. The van der Waals surface area contributed by atoms with E-state index in [0.29, 0.717) is 5.88 Å². The summed E-state index contributed by atoms with van der Waals surface area (Å²) >= 11 is 7.39. The molecule has 2 heterocycles. The van der Waals surface area contributed by atoms with E-state index >= 15 is 0 Å². The minimum atomic E-state index is 0.514. The van der Waals surface area contributed by atoms with Gasteiger partial charge in [0.15, 0.2) is 0 Å². The number of aromatic nitrogens is 2. The van der Waals surface area contributed by atoms with E-state index in [9.17, 15) is 0 Å². The molecule has 3 nitrogen and oxygen atoms in total. The van der Waals surface area contributed by atoms with Gasteiger partial charge in [-0.3, -0.25) is 0 Å². The van der Waals surface area contributed by atoms with Crippen LogP contribution < -0.4 is 4.90 Å². The lowest BCUT2D eigenvalue weighted by Crippen LogP contribution is -2.17. The van der Waals surface area contributed by atoms with Crippen LogP contribution >= 0.6 is 22.9 Å². The summed E-state index contributed by atoms with van der Waals surface area (Å²) < 4.78 is 0. The minimum absolute atomic E-state index is 0.514. The third-order valence-corrected chi connectivity index (χ3v) is 3.18. The number of anilines is 1. The quantitative estimate of drug-likeness (QED) is 0.785. The van der Waals surface area contributed by atoms with Crippen LogP contribution in [-0.2, 0) is 12.4 Å². The van der Waals surface area contributed by atoms with Crippen molar-refractivity contribution in [3.8, 4) is 0 Å². The lowest BCUT2D eigenvalue weighted by atomic mass is 10.3. The predicted octanol–water partition coefficient (Wildman–Crippen LogP) is 2.91. The standard InChI is InChI=1S/C11H12ClN3S/c1-15(6-10-7-16-8-14-10)11-4-9(5-12)2-3-13-11/h2-4,7-8H,5-6H2,1H3. The lowest BCUT2D eigenvalue weighted by Gasteiger charge is -2.17. The van der Waals surface area contributed by atoms with Crippen molar-refractivity contribution in [3.63, 3.8) is 0 Å². The van der Waals surface area contributed by atoms with Crippen LogP contribution in [0.3, 0.4) is 0 Å². The van der Waals surface area contributed by atoms with E-state index in [1.807, 2.05) is 30.1 Å². The molecule has 0 N–H and O–H groups in total. The van der Waals surface area contributed by atoms with Crippen LogP contribution in [0.1, 0.15) is 11.3 Å². The second-order valence-corrected chi connectivity index (χ2v) is 4.48. The normalized spacial score (nSPS) is 10.4. The molecule has 0 saturated heterocycles. The number of hydrogen-bond acceptors (Lipinski definition) is 4. The van der Waals surface area contributed by atoms with Gasteiger partial charge in [0.25, 0.3) is 0 Å². The molecular formula is C11H12ClN3S. The Morgan fingerprint density at radius 3 is 3.00 bits per heavy atom. The molecule has 0 amide bonds. The molecule has 0 aliphatic heterocycles. The van der Waals surface area contributed by atoms with Gasteiger partial charge in [-0.05, 0) is 17.7 Å². The topological polar surface area (TPSA) is 29.0 Å². The van der Waals surface area contributed by atoms with Gasteiger partial charge in [-0.15, -0.1) is 22.9 Å². The number of hydrogen-bond donors (Lipinski definition) is 0. The van der Waals surface area contributed by atoms with Gasteiger partial charge in [0.2, 0.25) is 0 Å². The first-order chi connectivity index (χ1) is 7.79. The Hall–Kier alpha value is -1.13. The number of rotatable bonds is 4. The molecule has 0 aromatic carbocycles. The van der Waals surface area contributed by atoms with E-state index in [2.05, 4.69) is 14.9 Å². The molecule has 0 bridgehead atoms. The molecule has 84 valence electrons. The summed E-state index contributed by atoms with van der Waals surface area (Å²) in [6.45, 7) is 0.766. The van der Waals surface area contributed by atoms with E-state index < -0.39 is 0 Å². The third kappa shape index (κ3) is 2.71. The van der Waals surface area contributed by atoms with Gasteiger partial charge in [-0.25, -0.2) is 9.97 Å². The monoisotopic (exact) mass is 253 g/mol. The first-order valence-corrected chi connectivity index (χ1v) is 6.36. The van der Waals surface area contributed by atoms with Crippen LogP contribution in [0.25, 0.3) is 0 Å². The predicted molar refractivity (Wildman–Crippen MR) is 68.0 cm³/mol. The average Bonchev–Trinajstić information content (AvgIpc) is 2.82. The summed E-state index contributed by atoms with van der Waals surface area (Å²) in [5, 5.41) is 2.04. The molecule has 2 aromatic heterocycles. The SMILES string of the molecule is CN(Cc1cscn1)c1cc(CCl)ccn1. The molecule has 16 heavy (non-hydrogen) atoms. The first kappa shape index (κ1) is 11.4. The molecule has 0 radical (unpaired) electrons. The van der Waals surface area contributed by atoms with Crippen molar-refractivity contribution >= 4 is 28.8 Å². The van der Waals surface area contributed by atoms with Crippen molar-refractivity contribution in [3.05, 3.63) is 40.5 Å². The summed E-state index contributed by atoms with van der Waals surface area (Å²) in [6, 6.07) is 3.92. The van der Waals surface area contributed by atoms with Gasteiger partial charge in [0.1, 0.15) is 5.82 Å². The van der Waals surface area contributed by atoms with Crippen molar-refractivity contribution in [1.29, 1.82) is 0 Å². The van der Waals surface area contributed by atoms with Crippen LogP contribution in [-0.4, -0.2) is 17.0 Å². The smallest absolute Gasteiger partial charge is 0.128 e. The third-order valence-electron chi connectivity index (χ3n) is 2.24. The maximum atomic E-state index is 5.79. The number of alkyl halides is 1. The Bertz CT molecular complexity index is 444. The summed E-state index contributed by atoms with van der Waals surface area (Å²) in [6.07, 6.45) is 1.78. The summed E-state index contributed by atoms with van der Waals surface area (Å²) in [5.41, 5.74) is 3.98. The fraction of sp³-hybridized carbons (Fsp3) is 0.273. The highest BCUT2D eigenvalue weighted by molar-refractivity contribution is 7.07. The molecule has 0 aliphatic carbocycles. The maximum absolute atomic E-state index is 5.79. The number of thiazole rings is 1. The highest BCUT2D eigenvalue weighted by Crippen LogP contribution is 2.15. The van der Waals surface area contributed by atoms with Crippen molar-refractivity contribution in [2.24, 2.45) is 0 Å². The van der Waals surface area contributed by atoms with E-state index in [0.717, 1.165) is 23.6 Å². The van der Waals surface area contributed by atoms with Crippen molar-refractivity contribution in [1.82, 2.24) is 9.97 Å². The Morgan fingerprint density at radius 1 is 1.44 bits per heavy atom. The van der Waals surface area contributed by atoms with Gasteiger partial charge in [-0.1, -0.05) is 0 Å². The highest BCUT2D eigenvalue weighted by atomic mass is 35.5. The Morgan fingerprint density at radius 2 is 2.31 bits per heavy atom. The molecule has 0 saturated carbocycles. The average molecular weight is 254 g/mol. The van der Waals surface area contributed by atoms with Crippen LogP contribution in [0.5, 0.6) is 0 Å². The molecule has 5 heteroatoms. The molecular weight excluding hydrogens is 242 g/mol. The maximum Gasteiger partial charge on any atom is 0.128 e. The van der Waals surface area contributed by atoms with Crippen LogP contribution in [0, 0.1) is 0 Å². The molecule has 2 aromatic rings. The highest BCUT2D eigenvalue weighted by Gasteiger charge is 2.05. The Balaban J connectivity index is 2.11. The Kier molecular flexibility index (Phi) is 3.74. The van der Waals surface area contributed by atoms with Gasteiger partial charge < -0.3 is 4.90 Å². The van der Waals surface area contributed by atoms with E-state index in [-0.39, 0.29) is 0 Å². The summed E-state index contributed by atoms with van der Waals surface area (Å²) in [5.74, 6) is 1.44. The minimum Gasteiger partial charge on any atom is -0.354 e. The van der Waals surface area contributed by atoms with E-state index in [1.165, 1.54) is 0 Å². The largest absolute Gasteiger partial charge is 0.354 e. The fourth-order valence-corrected chi connectivity index (χ4v) is 2.11. The summed E-state index contributed by atoms with van der Waals surface area (Å²) in [7, 11) is 2.00. The first-order valence-electron chi connectivity index (χ1n) is 4.88. The molecule has 0 fully saturated rings. The zero-order chi connectivity index (χ0) is 11.4. The van der Waals surface area contributed by atoms with Crippen LogP contribution in [0.4, 0.5) is 5.82 Å². The molecule has 0 spiro atoms. The lowest BCUT2D eigenvalue weighted by molar-refractivity contribution is 0.872. The van der Waals surface area contributed by atoms with E-state index in [4.69, 9.17) is 11.6 Å². The second kappa shape index (κ2) is 5.27. The van der Waals surface area contributed by atoms with Gasteiger partial charge in [0.05, 0.1) is 17.7 Å². The second-order valence-electron chi connectivity index (χ2n) is 3.49. The van der Waals surface area contributed by atoms with Gasteiger partial charge in [-0.2, -0.15) is 0 Å². The zero-order valence-electron chi connectivity index (χ0n) is 8.93. The number of nitrogens with zero attached hydrogens (tertiary/aromatic N) is 3. The molecule has 2 rings (SSSR count). The van der Waals surface area contributed by atoms with Crippen molar-refractivity contribution < 1.29 is 0 Å². The van der Waals surface area contributed by atoms with Crippen LogP contribution in [0.2, 0.25) is 0 Å². The van der Waals surface area contributed by atoms with Crippen molar-refractivity contribution in [2.75, 3.05) is 11.9 Å². The Labute approximate surface area is 104 Å². The van der Waals surface area contributed by atoms with Gasteiger partial charge >= 0.3 is 0 Å². The molecule has 0 aliphatic rings. The van der Waals surface area contributed by atoms with Crippen LogP contribution in [0.15, 0.2) is 29.2 Å². The number of halogens is 1. The van der Waals surface area contributed by atoms with Crippen molar-refractivity contribution in [2.45, 2.75) is 12.4 Å². The fourth-order valence-electron chi connectivity index (χ4n) is 1.39. The van der Waals surface area contributed by atoms with Gasteiger partial charge in [0, 0.05) is 24.5 Å². The van der Waals surface area contributed by atoms with E-state index in [1.54, 1.807) is 17.5 Å².